The van der Waals surface area contributed by atoms with Gasteiger partial charge < -0.3 is 15.5 Å². The first-order valence-electron chi connectivity index (χ1n) is 6.59. The molecule has 0 aliphatic rings. The van der Waals surface area contributed by atoms with E-state index in [0.717, 1.165) is 26.1 Å². The number of likely N-dealkylation sites (N-methyl/N-ethyl adjacent to an activating group) is 1. The monoisotopic (exact) mass is 249 g/mol. The van der Waals surface area contributed by atoms with E-state index in [-0.39, 0.29) is 6.03 Å². The van der Waals surface area contributed by atoms with Crippen molar-refractivity contribution in [1.82, 2.24) is 10.6 Å². The Morgan fingerprint density at radius 1 is 1.11 bits per heavy atom. The standard InChI is InChI=1S/C14H23N3O/c1-3-10-15-14(18)16-11-12-17(4-2)13-8-6-5-7-9-13/h5-9H,3-4,10-12H2,1-2H3,(H2,15,16,18). The lowest BCUT2D eigenvalue weighted by molar-refractivity contribution is 0.241. The van der Waals surface area contributed by atoms with Crippen LogP contribution in [0.5, 0.6) is 0 Å². The van der Waals surface area contributed by atoms with Gasteiger partial charge in [-0.15, -0.1) is 0 Å². The van der Waals surface area contributed by atoms with E-state index < -0.39 is 0 Å². The Morgan fingerprint density at radius 3 is 2.39 bits per heavy atom. The van der Waals surface area contributed by atoms with Crippen molar-refractivity contribution in [3.63, 3.8) is 0 Å². The molecule has 0 fully saturated rings. The van der Waals surface area contributed by atoms with E-state index in [1.54, 1.807) is 0 Å². The molecule has 4 heteroatoms. The third kappa shape index (κ3) is 5.08. The minimum Gasteiger partial charge on any atom is -0.370 e. The molecule has 0 saturated heterocycles. The van der Waals surface area contributed by atoms with Crippen molar-refractivity contribution >= 4 is 11.7 Å². The Bertz CT molecular complexity index is 340. The number of amides is 2. The number of anilines is 1. The second-order valence-corrected chi connectivity index (χ2v) is 4.10. The maximum Gasteiger partial charge on any atom is 0.314 e. The third-order valence-corrected chi connectivity index (χ3v) is 2.71. The van der Waals surface area contributed by atoms with Gasteiger partial charge in [0, 0.05) is 31.9 Å². The van der Waals surface area contributed by atoms with Crippen LogP contribution in [0.3, 0.4) is 0 Å². The van der Waals surface area contributed by atoms with Gasteiger partial charge in [-0.1, -0.05) is 25.1 Å². The minimum atomic E-state index is -0.0824. The maximum atomic E-state index is 11.4. The van der Waals surface area contributed by atoms with E-state index in [1.165, 1.54) is 5.69 Å². The topological polar surface area (TPSA) is 44.4 Å². The summed E-state index contributed by atoms with van der Waals surface area (Å²) in [5, 5.41) is 5.66. The van der Waals surface area contributed by atoms with E-state index in [1.807, 2.05) is 25.1 Å². The van der Waals surface area contributed by atoms with Crippen molar-refractivity contribution in [2.45, 2.75) is 20.3 Å². The molecule has 1 aromatic rings. The first kappa shape index (κ1) is 14.4. The number of nitrogens with one attached hydrogen (secondary N) is 2. The lowest BCUT2D eigenvalue weighted by Crippen LogP contribution is -2.40. The summed E-state index contributed by atoms with van der Waals surface area (Å²) in [6.45, 7) is 7.28. The molecular weight excluding hydrogens is 226 g/mol. The quantitative estimate of drug-likeness (QED) is 0.778. The summed E-state index contributed by atoms with van der Waals surface area (Å²) in [6.07, 6.45) is 0.957. The van der Waals surface area contributed by atoms with Crippen molar-refractivity contribution < 1.29 is 4.79 Å². The van der Waals surface area contributed by atoms with Crippen LogP contribution in [0, 0.1) is 0 Å². The Hall–Kier alpha value is -1.71. The summed E-state index contributed by atoms with van der Waals surface area (Å²) in [7, 11) is 0. The first-order chi connectivity index (χ1) is 8.77. The summed E-state index contributed by atoms with van der Waals surface area (Å²) >= 11 is 0. The van der Waals surface area contributed by atoms with Crippen molar-refractivity contribution in [3.05, 3.63) is 30.3 Å². The van der Waals surface area contributed by atoms with Crippen molar-refractivity contribution in [1.29, 1.82) is 0 Å². The smallest absolute Gasteiger partial charge is 0.314 e. The predicted octanol–water partition coefficient (Wildman–Crippen LogP) is 2.22. The molecule has 0 spiro atoms. The molecule has 2 amide bonds. The minimum absolute atomic E-state index is 0.0824. The molecule has 0 aromatic heterocycles. The van der Waals surface area contributed by atoms with Crippen molar-refractivity contribution in [2.75, 3.05) is 31.1 Å². The molecule has 18 heavy (non-hydrogen) atoms. The second kappa shape index (κ2) is 8.39. The molecule has 1 aromatic carbocycles. The van der Waals surface area contributed by atoms with Gasteiger partial charge in [-0.3, -0.25) is 0 Å². The van der Waals surface area contributed by atoms with Gasteiger partial charge in [0.15, 0.2) is 0 Å². The Kier molecular flexibility index (Phi) is 6.69. The number of rotatable bonds is 7. The molecule has 4 nitrogen and oxygen atoms in total. The number of hydrogen-bond donors (Lipinski definition) is 2. The van der Waals surface area contributed by atoms with Gasteiger partial charge in [0.1, 0.15) is 0 Å². The average Bonchev–Trinajstić information content (AvgIpc) is 2.42. The van der Waals surface area contributed by atoms with Crippen molar-refractivity contribution in [2.24, 2.45) is 0 Å². The molecule has 0 heterocycles. The first-order valence-corrected chi connectivity index (χ1v) is 6.59. The maximum absolute atomic E-state index is 11.4. The van der Waals surface area contributed by atoms with E-state index >= 15 is 0 Å². The van der Waals surface area contributed by atoms with Gasteiger partial charge in [0.2, 0.25) is 0 Å². The fraction of sp³-hybridized carbons (Fsp3) is 0.500. The van der Waals surface area contributed by atoms with Gasteiger partial charge in [0.25, 0.3) is 0 Å². The molecule has 1 rings (SSSR count). The number of carbonyl (C=O) groups excluding carboxylic acids is 1. The van der Waals surface area contributed by atoms with E-state index in [2.05, 4.69) is 34.6 Å². The lowest BCUT2D eigenvalue weighted by Gasteiger charge is -2.23. The molecule has 0 saturated carbocycles. The SMILES string of the molecule is CCCNC(=O)NCCN(CC)c1ccccc1. The van der Waals surface area contributed by atoms with Crippen molar-refractivity contribution in [3.8, 4) is 0 Å². The molecular formula is C14H23N3O. The average molecular weight is 249 g/mol. The van der Waals surface area contributed by atoms with Crippen LogP contribution in [0.25, 0.3) is 0 Å². The fourth-order valence-electron chi connectivity index (χ4n) is 1.71. The molecule has 2 N–H and O–H groups in total. The van der Waals surface area contributed by atoms with Crippen LogP contribution in [0.2, 0.25) is 0 Å². The van der Waals surface area contributed by atoms with Crippen LogP contribution >= 0.6 is 0 Å². The lowest BCUT2D eigenvalue weighted by atomic mass is 10.3. The highest BCUT2D eigenvalue weighted by Gasteiger charge is 2.04. The summed E-state index contributed by atoms with van der Waals surface area (Å²) in [4.78, 5) is 13.6. The number of hydrogen-bond acceptors (Lipinski definition) is 2. The zero-order valence-corrected chi connectivity index (χ0v) is 11.3. The molecule has 0 atom stereocenters. The predicted molar refractivity (Wildman–Crippen MR) is 76.0 cm³/mol. The third-order valence-electron chi connectivity index (χ3n) is 2.71. The molecule has 0 radical (unpaired) electrons. The zero-order chi connectivity index (χ0) is 13.2. The zero-order valence-electron chi connectivity index (χ0n) is 11.3. The summed E-state index contributed by atoms with van der Waals surface area (Å²) in [5.41, 5.74) is 1.19. The number of urea groups is 1. The van der Waals surface area contributed by atoms with Crippen LogP contribution in [0.1, 0.15) is 20.3 Å². The molecule has 100 valence electrons. The van der Waals surface area contributed by atoms with E-state index in [0.29, 0.717) is 6.54 Å². The highest BCUT2D eigenvalue weighted by molar-refractivity contribution is 5.73. The number of benzene rings is 1. The molecule has 0 aliphatic carbocycles. The Morgan fingerprint density at radius 2 is 1.78 bits per heavy atom. The highest BCUT2D eigenvalue weighted by atomic mass is 16.2. The van der Waals surface area contributed by atoms with E-state index in [4.69, 9.17) is 0 Å². The van der Waals surface area contributed by atoms with Gasteiger partial charge in [-0.25, -0.2) is 4.79 Å². The molecule has 0 unspecified atom stereocenters. The number of carbonyl (C=O) groups is 1. The number of nitrogens with zero attached hydrogens (tertiary/aromatic N) is 1. The summed E-state index contributed by atoms with van der Waals surface area (Å²) in [5.74, 6) is 0. The van der Waals surface area contributed by atoms with Gasteiger partial charge in [-0.05, 0) is 25.5 Å². The Balaban J connectivity index is 2.30. The summed E-state index contributed by atoms with van der Waals surface area (Å²) < 4.78 is 0. The van der Waals surface area contributed by atoms with Crippen LogP contribution in [0.15, 0.2) is 30.3 Å². The molecule has 0 bridgehead atoms. The highest BCUT2D eigenvalue weighted by Crippen LogP contribution is 2.11. The van der Waals surface area contributed by atoms with Gasteiger partial charge in [0.05, 0.1) is 0 Å². The van der Waals surface area contributed by atoms with Gasteiger partial charge in [-0.2, -0.15) is 0 Å². The largest absolute Gasteiger partial charge is 0.370 e. The summed E-state index contributed by atoms with van der Waals surface area (Å²) in [6, 6.07) is 10.1. The second-order valence-electron chi connectivity index (χ2n) is 4.10. The van der Waals surface area contributed by atoms with E-state index in [9.17, 15) is 4.79 Å². The normalized spacial score (nSPS) is 9.89. The molecule has 0 aliphatic heterocycles. The van der Waals surface area contributed by atoms with Gasteiger partial charge >= 0.3 is 6.03 Å². The Labute approximate surface area is 109 Å². The fourth-order valence-corrected chi connectivity index (χ4v) is 1.71. The number of para-hydroxylation sites is 1. The van der Waals surface area contributed by atoms with Crippen LogP contribution in [-0.2, 0) is 0 Å². The van der Waals surface area contributed by atoms with Crippen LogP contribution in [-0.4, -0.2) is 32.2 Å². The van der Waals surface area contributed by atoms with Crippen LogP contribution in [0.4, 0.5) is 10.5 Å². The van der Waals surface area contributed by atoms with Crippen LogP contribution < -0.4 is 15.5 Å².